The maximum atomic E-state index is 14.5. The number of aliphatic hydroxyl groups excluding tert-OH is 1. The monoisotopic (exact) mass is 462 g/mol. The van der Waals surface area contributed by atoms with Gasteiger partial charge in [-0.3, -0.25) is 0 Å². The Morgan fingerprint density at radius 1 is 1.03 bits per heavy atom. The van der Waals surface area contributed by atoms with Gasteiger partial charge in [0.1, 0.15) is 5.67 Å². The number of allylic oxidation sites excluding steroid dienone is 1. The lowest BCUT2D eigenvalue weighted by molar-refractivity contribution is 0.0494. The van der Waals surface area contributed by atoms with E-state index in [-0.39, 0.29) is 6.10 Å². The molecule has 2 aliphatic rings. The summed E-state index contributed by atoms with van der Waals surface area (Å²) in [7, 11) is 0. The molecule has 2 aliphatic carbocycles. The highest BCUT2D eigenvalue weighted by Crippen LogP contribution is 2.42. The van der Waals surface area contributed by atoms with E-state index in [1.807, 2.05) is 0 Å². The molecule has 2 aromatic carbocycles. The molecule has 1 saturated carbocycles. The molecular formula is C32H43FO. The third kappa shape index (κ3) is 6.00. The van der Waals surface area contributed by atoms with Crippen LogP contribution in [0, 0.1) is 5.92 Å². The lowest BCUT2D eigenvalue weighted by Gasteiger charge is -2.35. The molecule has 0 spiro atoms. The van der Waals surface area contributed by atoms with Crippen LogP contribution in [-0.4, -0.2) is 16.9 Å². The molecule has 34 heavy (non-hydrogen) atoms. The number of benzene rings is 2. The van der Waals surface area contributed by atoms with E-state index in [1.165, 1.54) is 33.4 Å². The summed E-state index contributed by atoms with van der Waals surface area (Å²) >= 11 is 0. The maximum absolute atomic E-state index is 14.5. The lowest BCUT2D eigenvalue weighted by atomic mass is 9.76. The molecule has 0 amide bonds. The Hall–Kier alpha value is -1.93. The highest BCUT2D eigenvalue weighted by Gasteiger charge is 2.36. The van der Waals surface area contributed by atoms with E-state index in [9.17, 15) is 9.50 Å². The van der Waals surface area contributed by atoms with Gasteiger partial charge < -0.3 is 5.11 Å². The Labute approximate surface area is 206 Å². The van der Waals surface area contributed by atoms with E-state index < -0.39 is 5.67 Å². The highest BCUT2D eigenvalue weighted by molar-refractivity contribution is 5.68. The molecule has 0 radical (unpaired) electrons. The molecule has 184 valence electrons. The van der Waals surface area contributed by atoms with Crippen LogP contribution in [0.15, 0.2) is 48.5 Å². The van der Waals surface area contributed by atoms with Gasteiger partial charge in [0.15, 0.2) is 0 Å². The van der Waals surface area contributed by atoms with Crippen molar-refractivity contribution >= 4 is 5.57 Å². The molecule has 1 fully saturated rings. The molecule has 3 unspecified atom stereocenters. The molecule has 0 saturated heterocycles. The van der Waals surface area contributed by atoms with Crippen LogP contribution in [-0.2, 0) is 12.8 Å². The first-order valence-corrected chi connectivity index (χ1v) is 13.7. The van der Waals surface area contributed by atoms with E-state index in [0.717, 1.165) is 64.2 Å². The van der Waals surface area contributed by atoms with Gasteiger partial charge in [0, 0.05) is 0 Å². The van der Waals surface area contributed by atoms with Crippen molar-refractivity contribution < 1.29 is 9.50 Å². The summed E-state index contributed by atoms with van der Waals surface area (Å²) in [5.41, 5.74) is 7.16. The predicted molar refractivity (Wildman–Crippen MR) is 142 cm³/mol. The number of aryl methyl sites for hydroxylation is 1. The smallest absolute Gasteiger partial charge is 0.111 e. The van der Waals surface area contributed by atoms with Gasteiger partial charge in [-0.2, -0.15) is 0 Å². The van der Waals surface area contributed by atoms with E-state index >= 15 is 0 Å². The second kappa shape index (κ2) is 11.2. The summed E-state index contributed by atoms with van der Waals surface area (Å²) in [6, 6.07) is 16.0. The van der Waals surface area contributed by atoms with Crippen molar-refractivity contribution in [1.82, 2.24) is 0 Å². The van der Waals surface area contributed by atoms with E-state index in [0.29, 0.717) is 18.3 Å². The third-order valence-corrected chi connectivity index (χ3v) is 8.48. The van der Waals surface area contributed by atoms with Crippen LogP contribution in [0.3, 0.4) is 0 Å². The fourth-order valence-corrected chi connectivity index (χ4v) is 5.92. The number of aliphatic hydroxyl groups is 1. The number of halogens is 1. The van der Waals surface area contributed by atoms with Crippen LogP contribution in [0.2, 0.25) is 0 Å². The molecule has 4 rings (SSSR count). The molecular weight excluding hydrogens is 419 g/mol. The molecule has 2 aromatic rings. The lowest BCUT2D eigenvalue weighted by Crippen LogP contribution is -2.31. The molecule has 0 aromatic heterocycles. The zero-order chi connectivity index (χ0) is 24.1. The van der Waals surface area contributed by atoms with Crippen LogP contribution in [0.1, 0.15) is 112 Å². The van der Waals surface area contributed by atoms with Gasteiger partial charge in [-0.1, -0.05) is 69.3 Å². The normalized spacial score (nSPS) is 22.7. The van der Waals surface area contributed by atoms with Crippen molar-refractivity contribution in [2.45, 2.75) is 109 Å². The minimum Gasteiger partial charge on any atom is -0.393 e. The van der Waals surface area contributed by atoms with Crippen molar-refractivity contribution in [1.29, 1.82) is 0 Å². The fourth-order valence-electron chi connectivity index (χ4n) is 5.92. The largest absolute Gasteiger partial charge is 0.393 e. The van der Waals surface area contributed by atoms with Crippen molar-refractivity contribution in [2.24, 2.45) is 5.92 Å². The predicted octanol–water partition coefficient (Wildman–Crippen LogP) is 8.57. The molecule has 0 heterocycles. The van der Waals surface area contributed by atoms with Gasteiger partial charge in [-0.25, -0.2) is 4.39 Å². The molecule has 0 bridgehead atoms. The molecule has 3 atom stereocenters. The molecule has 1 N–H and O–H groups in total. The SMILES string of the molecule is CCc1ccc(C2=CC(CC)CC(O)C2)cc1Cc1ccc(C(CC)CCC2(F)CCC2)cc1. The first-order valence-electron chi connectivity index (χ1n) is 13.7. The van der Waals surface area contributed by atoms with Crippen molar-refractivity contribution in [3.8, 4) is 0 Å². The summed E-state index contributed by atoms with van der Waals surface area (Å²) in [4.78, 5) is 0. The number of alkyl halides is 1. The average molecular weight is 463 g/mol. The third-order valence-electron chi connectivity index (χ3n) is 8.48. The Kier molecular flexibility index (Phi) is 8.30. The molecule has 1 nitrogen and oxygen atoms in total. The first kappa shape index (κ1) is 25.2. The van der Waals surface area contributed by atoms with Gasteiger partial charge in [0.25, 0.3) is 0 Å². The average Bonchev–Trinajstić information content (AvgIpc) is 2.83. The summed E-state index contributed by atoms with van der Waals surface area (Å²) in [5, 5.41) is 10.4. The topological polar surface area (TPSA) is 20.2 Å². The van der Waals surface area contributed by atoms with Crippen LogP contribution < -0.4 is 0 Å². The zero-order valence-electron chi connectivity index (χ0n) is 21.5. The van der Waals surface area contributed by atoms with Crippen LogP contribution in [0.5, 0.6) is 0 Å². The standard InChI is InChI=1S/C32H43FO/c1-4-23-18-30(22-31(34)20-23)28-13-12-25(5-2)29(21-28)19-24-8-10-27(11-9-24)26(6-3)14-17-32(33)15-7-16-32/h8-13,18,21,23,26,31,34H,4-7,14-17,19-20,22H2,1-3H3. The van der Waals surface area contributed by atoms with Gasteiger partial charge in [-0.15, -0.1) is 0 Å². The van der Waals surface area contributed by atoms with Gasteiger partial charge in [0.2, 0.25) is 0 Å². The number of hydrogen-bond acceptors (Lipinski definition) is 1. The van der Waals surface area contributed by atoms with Gasteiger partial charge >= 0.3 is 0 Å². The number of rotatable bonds is 10. The van der Waals surface area contributed by atoms with E-state index in [2.05, 4.69) is 69.3 Å². The van der Waals surface area contributed by atoms with E-state index in [1.54, 1.807) is 0 Å². The maximum Gasteiger partial charge on any atom is 0.111 e. The Bertz CT molecular complexity index is 969. The molecule has 0 aliphatic heterocycles. The van der Waals surface area contributed by atoms with E-state index in [4.69, 9.17) is 0 Å². The van der Waals surface area contributed by atoms with Crippen molar-refractivity contribution in [3.63, 3.8) is 0 Å². The summed E-state index contributed by atoms with van der Waals surface area (Å²) < 4.78 is 14.5. The van der Waals surface area contributed by atoms with Crippen LogP contribution in [0.25, 0.3) is 5.57 Å². The number of hydrogen-bond donors (Lipinski definition) is 1. The Morgan fingerprint density at radius 2 is 1.79 bits per heavy atom. The fraction of sp³-hybridized carbons (Fsp3) is 0.562. The van der Waals surface area contributed by atoms with Gasteiger partial charge in [0.05, 0.1) is 6.10 Å². The minimum absolute atomic E-state index is 0.227. The molecule has 2 heteroatoms. The summed E-state index contributed by atoms with van der Waals surface area (Å²) in [5.74, 6) is 0.927. The van der Waals surface area contributed by atoms with Crippen LogP contribution in [0.4, 0.5) is 4.39 Å². The summed E-state index contributed by atoms with van der Waals surface area (Å²) in [6.45, 7) is 6.66. The van der Waals surface area contributed by atoms with Crippen molar-refractivity contribution in [3.05, 3.63) is 76.4 Å². The van der Waals surface area contributed by atoms with Gasteiger partial charge in [-0.05, 0) is 116 Å². The second-order valence-corrected chi connectivity index (χ2v) is 10.9. The minimum atomic E-state index is -0.879. The van der Waals surface area contributed by atoms with Crippen molar-refractivity contribution in [2.75, 3.05) is 0 Å². The first-order chi connectivity index (χ1) is 16.4. The highest BCUT2D eigenvalue weighted by atomic mass is 19.1. The second-order valence-electron chi connectivity index (χ2n) is 10.9. The Morgan fingerprint density at radius 3 is 2.41 bits per heavy atom. The quantitative estimate of drug-likeness (QED) is 0.375. The van der Waals surface area contributed by atoms with Crippen LogP contribution >= 0.6 is 0 Å². The summed E-state index contributed by atoms with van der Waals surface area (Å²) in [6.07, 6.45) is 12.1. The zero-order valence-corrected chi connectivity index (χ0v) is 21.5. The Balaban J connectivity index is 1.48.